The number of ether oxygens (including phenoxy) is 1. The number of carbonyl (C=O) groups excluding carboxylic acids is 1. The Kier molecular flexibility index (Phi) is 7.63. The molecule has 13 heavy (non-hydrogen) atoms. The molecule has 0 atom stereocenters. The van der Waals surface area contributed by atoms with Crippen molar-refractivity contribution in [2.24, 2.45) is 0 Å². The minimum Gasteiger partial charge on any atom is -0.385 e. The molecule has 4 heteroatoms. The predicted molar refractivity (Wildman–Crippen MR) is 52.6 cm³/mol. The van der Waals surface area contributed by atoms with E-state index >= 15 is 0 Å². The molecule has 4 nitrogen and oxygen atoms in total. The smallest absolute Gasteiger partial charge is 0.233 e. The third-order valence-electron chi connectivity index (χ3n) is 1.52. The van der Waals surface area contributed by atoms with Crippen LogP contribution in [0.3, 0.4) is 0 Å². The van der Waals surface area contributed by atoms with Gasteiger partial charge in [0.2, 0.25) is 5.91 Å². The van der Waals surface area contributed by atoms with Gasteiger partial charge in [0.25, 0.3) is 0 Å². The topological polar surface area (TPSA) is 50.4 Å². The molecular formula is C9H20N2O2. The highest BCUT2D eigenvalue weighted by Gasteiger charge is 2.00. The van der Waals surface area contributed by atoms with Gasteiger partial charge in [-0.2, -0.15) is 0 Å². The minimum absolute atomic E-state index is 0.0461. The van der Waals surface area contributed by atoms with Gasteiger partial charge in [-0.25, -0.2) is 0 Å². The maximum Gasteiger partial charge on any atom is 0.233 e. The van der Waals surface area contributed by atoms with E-state index < -0.39 is 0 Å². The van der Waals surface area contributed by atoms with Gasteiger partial charge in [0.05, 0.1) is 6.54 Å². The summed E-state index contributed by atoms with van der Waals surface area (Å²) in [6.07, 6.45) is 0.865. The maximum absolute atomic E-state index is 11.1. The highest BCUT2D eigenvalue weighted by molar-refractivity contribution is 5.77. The summed E-state index contributed by atoms with van der Waals surface area (Å²) >= 11 is 0. The van der Waals surface area contributed by atoms with Crippen molar-refractivity contribution >= 4 is 5.91 Å². The first-order valence-electron chi connectivity index (χ1n) is 4.66. The molecule has 0 aliphatic carbocycles. The lowest BCUT2D eigenvalue weighted by molar-refractivity contribution is -0.120. The average Bonchev–Trinajstić information content (AvgIpc) is 2.09. The van der Waals surface area contributed by atoms with E-state index in [0.29, 0.717) is 25.7 Å². The van der Waals surface area contributed by atoms with Crippen LogP contribution in [0.25, 0.3) is 0 Å². The molecule has 0 radical (unpaired) electrons. The summed E-state index contributed by atoms with van der Waals surface area (Å²) in [6.45, 7) is 5.80. The van der Waals surface area contributed by atoms with E-state index in [1.54, 1.807) is 7.11 Å². The Balaban J connectivity index is 3.20. The third-order valence-corrected chi connectivity index (χ3v) is 1.52. The van der Waals surface area contributed by atoms with Crippen LogP contribution < -0.4 is 10.6 Å². The summed E-state index contributed by atoms with van der Waals surface area (Å²) in [7, 11) is 1.65. The second-order valence-corrected chi connectivity index (χ2v) is 3.23. The van der Waals surface area contributed by atoms with Gasteiger partial charge in [-0.05, 0) is 6.42 Å². The highest BCUT2D eigenvalue weighted by atomic mass is 16.5. The van der Waals surface area contributed by atoms with Crippen molar-refractivity contribution in [3.63, 3.8) is 0 Å². The largest absolute Gasteiger partial charge is 0.385 e. The molecular weight excluding hydrogens is 168 g/mol. The van der Waals surface area contributed by atoms with Crippen LogP contribution in [0.2, 0.25) is 0 Å². The Bertz CT molecular complexity index is 138. The van der Waals surface area contributed by atoms with Crippen molar-refractivity contribution in [1.29, 1.82) is 0 Å². The predicted octanol–water partition coefficient (Wildman–Crippen LogP) is 0.137. The molecule has 0 saturated heterocycles. The molecule has 0 aromatic rings. The number of hydrogen-bond donors (Lipinski definition) is 2. The summed E-state index contributed by atoms with van der Waals surface area (Å²) in [4.78, 5) is 11.1. The Morgan fingerprint density at radius 3 is 2.69 bits per heavy atom. The molecule has 0 saturated carbocycles. The normalized spacial score (nSPS) is 10.5. The van der Waals surface area contributed by atoms with E-state index in [1.807, 2.05) is 13.8 Å². The molecule has 0 bridgehead atoms. The second-order valence-electron chi connectivity index (χ2n) is 3.23. The summed E-state index contributed by atoms with van der Waals surface area (Å²) in [5.74, 6) is 0.0461. The zero-order chi connectivity index (χ0) is 10.1. The fourth-order valence-electron chi connectivity index (χ4n) is 0.804. The molecule has 0 aromatic carbocycles. The molecule has 0 rings (SSSR count). The number of amides is 1. The van der Waals surface area contributed by atoms with E-state index in [0.717, 1.165) is 6.42 Å². The van der Waals surface area contributed by atoms with Gasteiger partial charge < -0.3 is 15.4 Å². The molecule has 0 fully saturated rings. The van der Waals surface area contributed by atoms with Gasteiger partial charge in [0, 0.05) is 26.3 Å². The summed E-state index contributed by atoms with van der Waals surface area (Å²) in [6, 6.07) is 0.352. The molecule has 0 aliphatic heterocycles. The molecule has 0 aliphatic rings. The third kappa shape index (κ3) is 9.30. The number of methoxy groups -OCH3 is 1. The zero-order valence-corrected chi connectivity index (χ0v) is 8.72. The van der Waals surface area contributed by atoms with Crippen LogP contribution in [0.4, 0.5) is 0 Å². The molecule has 78 valence electrons. The van der Waals surface area contributed by atoms with E-state index in [-0.39, 0.29) is 5.91 Å². The van der Waals surface area contributed by atoms with Crippen molar-refractivity contribution in [1.82, 2.24) is 10.6 Å². The summed E-state index contributed by atoms with van der Waals surface area (Å²) in [5, 5.41) is 5.83. The molecule has 0 aromatic heterocycles. The standard InChI is InChI=1S/C9H20N2O2/c1-8(2)11-7-9(12)10-5-4-6-13-3/h8,11H,4-7H2,1-3H3,(H,10,12). The Morgan fingerprint density at radius 1 is 1.46 bits per heavy atom. The number of nitrogens with one attached hydrogen (secondary N) is 2. The van der Waals surface area contributed by atoms with E-state index in [9.17, 15) is 4.79 Å². The SMILES string of the molecule is COCCCNC(=O)CNC(C)C. The quantitative estimate of drug-likeness (QED) is 0.559. The van der Waals surface area contributed by atoms with Crippen molar-refractivity contribution in [2.45, 2.75) is 26.3 Å². The van der Waals surface area contributed by atoms with Crippen molar-refractivity contribution in [2.75, 3.05) is 26.8 Å². The van der Waals surface area contributed by atoms with Crippen molar-refractivity contribution in [3.05, 3.63) is 0 Å². The Labute approximate surface area is 80.0 Å². The van der Waals surface area contributed by atoms with E-state index in [1.165, 1.54) is 0 Å². The van der Waals surface area contributed by atoms with Crippen LogP contribution in [0.15, 0.2) is 0 Å². The summed E-state index contributed by atoms with van der Waals surface area (Å²) in [5.41, 5.74) is 0. The molecule has 0 heterocycles. The highest BCUT2D eigenvalue weighted by Crippen LogP contribution is 1.78. The van der Waals surface area contributed by atoms with Gasteiger partial charge in [0.15, 0.2) is 0 Å². The lowest BCUT2D eigenvalue weighted by Gasteiger charge is -2.08. The first-order valence-corrected chi connectivity index (χ1v) is 4.66. The van der Waals surface area contributed by atoms with Gasteiger partial charge in [-0.1, -0.05) is 13.8 Å². The molecule has 0 spiro atoms. The lowest BCUT2D eigenvalue weighted by atomic mass is 10.4. The van der Waals surface area contributed by atoms with Crippen molar-refractivity contribution < 1.29 is 9.53 Å². The maximum atomic E-state index is 11.1. The second kappa shape index (κ2) is 8.01. The molecule has 0 unspecified atom stereocenters. The fraction of sp³-hybridized carbons (Fsp3) is 0.889. The van der Waals surface area contributed by atoms with Crippen LogP contribution in [-0.2, 0) is 9.53 Å². The fourth-order valence-corrected chi connectivity index (χ4v) is 0.804. The van der Waals surface area contributed by atoms with E-state index in [2.05, 4.69) is 10.6 Å². The number of hydrogen-bond acceptors (Lipinski definition) is 3. The number of carbonyl (C=O) groups is 1. The lowest BCUT2D eigenvalue weighted by Crippen LogP contribution is -2.37. The van der Waals surface area contributed by atoms with Gasteiger partial charge in [-0.15, -0.1) is 0 Å². The summed E-state index contributed by atoms with van der Waals surface area (Å²) < 4.78 is 4.85. The van der Waals surface area contributed by atoms with Gasteiger partial charge in [0.1, 0.15) is 0 Å². The van der Waals surface area contributed by atoms with Crippen molar-refractivity contribution in [3.8, 4) is 0 Å². The van der Waals surface area contributed by atoms with Crippen LogP contribution in [0.1, 0.15) is 20.3 Å². The molecule has 1 amide bonds. The minimum atomic E-state index is 0.0461. The molecule has 2 N–H and O–H groups in total. The zero-order valence-electron chi connectivity index (χ0n) is 8.72. The van der Waals surface area contributed by atoms with Crippen LogP contribution in [-0.4, -0.2) is 38.8 Å². The Hall–Kier alpha value is -0.610. The van der Waals surface area contributed by atoms with Gasteiger partial charge >= 0.3 is 0 Å². The Morgan fingerprint density at radius 2 is 2.15 bits per heavy atom. The van der Waals surface area contributed by atoms with E-state index in [4.69, 9.17) is 4.74 Å². The first-order chi connectivity index (χ1) is 6.16. The van der Waals surface area contributed by atoms with Crippen LogP contribution in [0.5, 0.6) is 0 Å². The van der Waals surface area contributed by atoms with Gasteiger partial charge in [-0.3, -0.25) is 4.79 Å². The van der Waals surface area contributed by atoms with Crippen LogP contribution >= 0.6 is 0 Å². The first kappa shape index (κ1) is 12.4. The van der Waals surface area contributed by atoms with Crippen LogP contribution in [0, 0.1) is 0 Å². The average molecular weight is 188 g/mol. The monoisotopic (exact) mass is 188 g/mol. The number of rotatable bonds is 7.